The Kier molecular flexibility index (Phi) is 4.12. The van der Waals surface area contributed by atoms with Gasteiger partial charge in [-0.1, -0.05) is 6.92 Å². The van der Waals surface area contributed by atoms with Crippen LogP contribution in [0.15, 0.2) is 18.2 Å². The van der Waals surface area contributed by atoms with E-state index in [-0.39, 0.29) is 11.6 Å². The molecule has 1 saturated carbocycles. The van der Waals surface area contributed by atoms with Crippen LogP contribution >= 0.6 is 0 Å². The second-order valence-electron chi connectivity index (χ2n) is 5.64. The molecule has 2 atom stereocenters. The number of hydrogen-bond acceptors (Lipinski definition) is 5. The van der Waals surface area contributed by atoms with Gasteiger partial charge in [0, 0.05) is 23.7 Å². The molecule has 7 nitrogen and oxygen atoms in total. The topological polar surface area (TPSA) is 92.8 Å². The first-order chi connectivity index (χ1) is 11.3. The van der Waals surface area contributed by atoms with Gasteiger partial charge in [-0.3, -0.25) is 9.89 Å². The lowest BCUT2D eigenvalue weighted by Crippen LogP contribution is -2.20. The third-order valence-corrected chi connectivity index (χ3v) is 3.60. The number of rotatable bonds is 5. The van der Waals surface area contributed by atoms with E-state index >= 15 is 0 Å². The van der Waals surface area contributed by atoms with Crippen LogP contribution in [0.1, 0.15) is 35.4 Å². The number of anilines is 1. The molecule has 2 aromatic rings. The quantitative estimate of drug-likeness (QED) is 0.872. The van der Waals surface area contributed by atoms with E-state index in [4.69, 9.17) is 0 Å². The standard InChI is InChI=1S/C14H14F3N5O2/c1-7-4-8(7)10-5-11(21-20-10)18-13(23)9-2-3-12(22-19-9)24-6-14(15,16)17/h2-3,5,7-8H,4,6H2,1H3,(H2,18,20,21,23)/t7-,8-/m1/s1. The molecule has 128 valence electrons. The monoisotopic (exact) mass is 341 g/mol. The summed E-state index contributed by atoms with van der Waals surface area (Å²) in [7, 11) is 0. The molecule has 1 aliphatic rings. The maximum atomic E-state index is 12.0. The normalized spacial score (nSPS) is 19.8. The number of halogens is 3. The fourth-order valence-electron chi connectivity index (χ4n) is 2.20. The number of nitrogens with zero attached hydrogens (tertiary/aromatic N) is 3. The number of ether oxygens (including phenoxy) is 1. The molecule has 1 aliphatic carbocycles. The SMILES string of the molecule is C[C@@H]1C[C@H]1c1cc(NC(=O)c2ccc(OCC(F)(F)F)nn2)n[nH]1. The second-order valence-corrected chi connectivity index (χ2v) is 5.64. The number of hydrogen-bond donors (Lipinski definition) is 2. The lowest BCUT2D eigenvalue weighted by atomic mass is 10.2. The van der Waals surface area contributed by atoms with E-state index in [1.807, 2.05) is 0 Å². The molecule has 0 bridgehead atoms. The fourth-order valence-corrected chi connectivity index (χ4v) is 2.20. The summed E-state index contributed by atoms with van der Waals surface area (Å²) in [5.41, 5.74) is 0.901. The van der Waals surface area contributed by atoms with Crippen molar-refractivity contribution in [1.29, 1.82) is 0 Å². The maximum Gasteiger partial charge on any atom is 0.422 e. The van der Waals surface area contributed by atoms with Crippen LogP contribution < -0.4 is 10.1 Å². The van der Waals surface area contributed by atoms with Crippen molar-refractivity contribution in [3.8, 4) is 5.88 Å². The number of carbonyl (C=O) groups is 1. The van der Waals surface area contributed by atoms with Crippen molar-refractivity contribution in [1.82, 2.24) is 20.4 Å². The van der Waals surface area contributed by atoms with Crippen LogP contribution in [-0.2, 0) is 0 Å². The van der Waals surface area contributed by atoms with Gasteiger partial charge in [0.05, 0.1) is 0 Å². The highest BCUT2D eigenvalue weighted by molar-refractivity contribution is 6.02. The maximum absolute atomic E-state index is 12.0. The first kappa shape index (κ1) is 16.2. The summed E-state index contributed by atoms with van der Waals surface area (Å²) in [4.78, 5) is 12.0. The average molecular weight is 341 g/mol. The molecule has 1 fully saturated rings. The molecule has 0 aliphatic heterocycles. The van der Waals surface area contributed by atoms with E-state index < -0.39 is 18.7 Å². The number of aromatic nitrogens is 4. The van der Waals surface area contributed by atoms with Gasteiger partial charge >= 0.3 is 6.18 Å². The molecule has 10 heteroatoms. The smallest absolute Gasteiger partial charge is 0.422 e. The Morgan fingerprint density at radius 1 is 1.42 bits per heavy atom. The molecule has 0 radical (unpaired) electrons. The van der Waals surface area contributed by atoms with Crippen molar-refractivity contribution in [3.63, 3.8) is 0 Å². The van der Waals surface area contributed by atoms with Gasteiger partial charge in [-0.2, -0.15) is 18.3 Å². The van der Waals surface area contributed by atoms with Crippen LogP contribution in [0.4, 0.5) is 19.0 Å². The van der Waals surface area contributed by atoms with E-state index in [1.54, 1.807) is 6.07 Å². The van der Waals surface area contributed by atoms with Crippen LogP contribution in [0.25, 0.3) is 0 Å². The Morgan fingerprint density at radius 3 is 2.75 bits per heavy atom. The molecule has 0 unspecified atom stereocenters. The van der Waals surface area contributed by atoms with Crippen molar-refractivity contribution < 1.29 is 22.7 Å². The molecule has 1 amide bonds. The predicted molar refractivity (Wildman–Crippen MR) is 76.6 cm³/mol. The van der Waals surface area contributed by atoms with Gasteiger partial charge in [0.2, 0.25) is 5.88 Å². The molecule has 2 N–H and O–H groups in total. The summed E-state index contributed by atoms with van der Waals surface area (Å²) in [5, 5.41) is 16.4. The first-order valence-electron chi connectivity index (χ1n) is 7.22. The third kappa shape index (κ3) is 4.00. The first-order valence-corrected chi connectivity index (χ1v) is 7.22. The van der Waals surface area contributed by atoms with E-state index in [0.29, 0.717) is 17.7 Å². The van der Waals surface area contributed by atoms with Crippen LogP contribution in [-0.4, -0.2) is 39.1 Å². The number of amides is 1. The molecular formula is C14H14F3N5O2. The number of nitrogens with one attached hydrogen (secondary N) is 2. The largest absolute Gasteiger partial charge is 0.467 e. The fraction of sp³-hybridized carbons (Fsp3) is 0.429. The Morgan fingerprint density at radius 2 is 2.17 bits per heavy atom. The van der Waals surface area contributed by atoms with E-state index in [1.165, 1.54) is 6.07 Å². The Bertz CT molecular complexity index is 729. The minimum absolute atomic E-state index is 0.0568. The molecule has 2 aromatic heterocycles. The number of H-pyrrole nitrogens is 1. The Hall–Kier alpha value is -2.65. The third-order valence-electron chi connectivity index (χ3n) is 3.60. The van der Waals surface area contributed by atoms with Crippen molar-refractivity contribution in [3.05, 3.63) is 29.6 Å². The van der Waals surface area contributed by atoms with Crippen LogP contribution in [0, 0.1) is 5.92 Å². The van der Waals surface area contributed by atoms with Crippen molar-refractivity contribution >= 4 is 11.7 Å². The molecule has 0 saturated heterocycles. The van der Waals surface area contributed by atoms with Gasteiger partial charge in [-0.25, -0.2) is 0 Å². The zero-order valence-electron chi connectivity index (χ0n) is 12.6. The van der Waals surface area contributed by atoms with Crippen molar-refractivity contribution in [2.24, 2.45) is 5.92 Å². The lowest BCUT2D eigenvalue weighted by molar-refractivity contribution is -0.154. The van der Waals surface area contributed by atoms with Crippen LogP contribution in [0.2, 0.25) is 0 Å². The highest BCUT2D eigenvalue weighted by atomic mass is 19.4. The molecule has 3 rings (SSSR count). The highest BCUT2D eigenvalue weighted by Gasteiger charge is 2.35. The zero-order chi connectivity index (χ0) is 17.3. The Labute approximate surface area is 134 Å². The van der Waals surface area contributed by atoms with Gasteiger partial charge in [0.15, 0.2) is 18.1 Å². The summed E-state index contributed by atoms with van der Waals surface area (Å²) in [6.07, 6.45) is -3.38. The summed E-state index contributed by atoms with van der Waals surface area (Å²) < 4.78 is 40.5. The summed E-state index contributed by atoms with van der Waals surface area (Å²) in [5.74, 6) is 0.519. The lowest BCUT2D eigenvalue weighted by Gasteiger charge is -2.07. The summed E-state index contributed by atoms with van der Waals surface area (Å²) in [6, 6.07) is 4.13. The van der Waals surface area contributed by atoms with Crippen molar-refractivity contribution in [2.75, 3.05) is 11.9 Å². The minimum Gasteiger partial charge on any atom is -0.467 e. The highest BCUT2D eigenvalue weighted by Crippen LogP contribution is 2.46. The van der Waals surface area contributed by atoms with E-state index in [0.717, 1.165) is 18.2 Å². The van der Waals surface area contributed by atoms with Crippen LogP contribution in [0.3, 0.4) is 0 Å². The summed E-state index contributed by atoms with van der Waals surface area (Å²) >= 11 is 0. The van der Waals surface area contributed by atoms with Gasteiger partial charge < -0.3 is 10.1 Å². The zero-order valence-corrected chi connectivity index (χ0v) is 12.6. The molecular weight excluding hydrogens is 327 g/mol. The minimum atomic E-state index is -4.46. The number of alkyl halides is 3. The summed E-state index contributed by atoms with van der Waals surface area (Å²) in [6.45, 7) is 0.657. The van der Waals surface area contributed by atoms with Gasteiger partial charge in [0.1, 0.15) is 0 Å². The molecule has 0 spiro atoms. The molecule has 2 heterocycles. The molecule has 0 aromatic carbocycles. The predicted octanol–water partition coefficient (Wildman–Crippen LogP) is 2.52. The van der Waals surface area contributed by atoms with Crippen LogP contribution in [0.5, 0.6) is 5.88 Å². The average Bonchev–Trinajstić information content (AvgIpc) is 3.07. The van der Waals surface area contributed by atoms with Gasteiger partial charge in [-0.05, 0) is 18.4 Å². The van der Waals surface area contributed by atoms with Crippen molar-refractivity contribution in [2.45, 2.75) is 25.4 Å². The second kappa shape index (κ2) is 6.10. The number of aromatic amines is 1. The van der Waals surface area contributed by atoms with Gasteiger partial charge in [-0.15, -0.1) is 10.2 Å². The van der Waals surface area contributed by atoms with Gasteiger partial charge in [0.25, 0.3) is 5.91 Å². The molecule has 24 heavy (non-hydrogen) atoms. The Balaban J connectivity index is 1.57. The number of carbonyl (C=O) groups excluding carboxylic acids is 1. The van der Waals surface area contributed by atoms with E-state index in [9.17, 15) is 18.0 Å². The van der Waals surface area contributed by atoms with E-state index in [2.05, 4.69) is 37.4 Å².